The highest BCUT2D eigenvalue weighted by Crippen LogP contribution is 2.19. The minimum atomic E-state index is -0.221. The maximum atomic E-state index is 11.7. The average Bonchev–Trinajstić information content (AvgIpc) is 2.75. The summed E-state index contributed by atoms with van der Waals surface area (Å²) >= 11 is 1.31. The van der Waals surface area contributed by atoms with Crippen molar-refractivity contribution in [3.8, 4) is 0 Å². The molecule has 2 aromatic heterocycles. The number of anilines is 2. The third-order valence-corrected chi connectivity index (χ3v) is 2.79. The average molecular weight is 222 g/mol. The van der Waals surface area contributed by atoms with Gasteiger partial charge in [-0.2, -0.15) is 5.10 Å². The number of carbonyl (C=O) groups excluding carboxylic acids is 1. The van der Waals surface area contributed by atoms with E-state index in [9.17, 15) is 4.79 Å². The summed E-state index contributed by atoms with van der Waals surface area (Å²) in [6, 6.07) is 3.43. The van der Waals surface area contributed by atoms with E-state index in [0.717, 1.165) is 0 Å². The topological polar surface area (TPSA) is 72.9 Å². The van der Waals surface area contributed by atoms with Crippen LogP contribution in [0.2, 0.25) is 0 Å². The third kappa shape index (κ3) is 1.99. The molecular weight excluding hydrogens is 212 g/mol. The number of amides is 1. The molecule has 2 aromatic rings. The van der Waals surface area contributed by atoms with Crippen molar-refractivity contribution in [1.82, 2.24) is 9.78 Å². The van der Waals surface area contributed by atoms with E-state index in [0.29, 0.717) is 16.4 Å². The van der Waals surface area contributed by atoms with E-state index in [4.69, 9.17) is 5.73 Å². The summed E-state index contributed by atoms with van der Waals surface area (Å²) in [7, 11) is 1.79. The zero-order valence-electron chi connectivity index (χ0n) is 8.10. The van der Waals surface area contributed by atoms with Crippen LogP contribution in [0.4, 0.5) is 11.5 Å². The van der Waals surface area contributed by atoms with Gasteiger partial charge in [-0.1, -0.05) is 0 Å². The van der Waals surface area contributed by atoms with Crippen LogP contribution in [0.5, 0.6) is 0 Å². The molecule has 0 aromatic carbocycles. The first-order chi connectivity index (χ1) is 7.16. The molecule has 3 N–H and O–H groups in total. The predicted molar refractivity (Wildman–Crippen MR) is 59.9 cm³/mol. The second kappa shape index (κ2) is 3.74. The van der Waals surface area contributed by atoms with Crippen molar-refractivity contribution in [3.63, 3.8) is 0 Å². The van der Waals surface area contributed by atoms with E-state index in [-0.39, 0.29) is 5.91 Å². The molecular formula is C9H10N4OS. The maximum Gasteiger partial charge on any atom is 0.269 e. The normalized spacial score (nSPS) is 10.2. The Morgan fingerprint density at radius 2 is 2.40 bits per heavy atom. The summed E-state index contributed by atoms with van der Waals surface area (Å²) in [5.74, 6) is 0.302. The van der Waals surface area contributed by atoms with Crippen LogP contribution in [-0.2, 0) is 7.05 Å². The highest BCUT2D eigenvalue weighted by Gasteiger charge is 2.11. The van der Waals surface area contributed by atoms with Crippen LogP contribution in [-0.4, -0.2) is 15.7 Å². The molecule has 5 nitrogen and oxygen atoms in total. The van der Waals surface area contributed by atoms with Gasteiger partial charge in [0.2, 0.25) is 0 Å². The number of hydrogen-bond acceptors (Lipinski definition) is 4. The predicted octanol–water partition coefficient (Wildman–Crippen LogP) is 1.32. The summed E-state index contributed by atoms with van der Waals surface area (Å²) in [5, 5.41) is 8.48. The van der Waals surface area contributed by atoms with Gasteiger partial charge < -0.3 is 11.1 Å². The molecule has 0 aliphatic heterocycles. The van der Waals surface area contributed by atoms with Gasteiger partial charge in [-0.25, -0.2) is 0 Å². The molecule has 0 bridgehead atoms. The maximum absolute atomic E-state index is 11.7. The van der Waals surface area contributed by atoms with Crippen LogP contribution in [0, 0.1) is 0 Å². The zero-order chi connectivity index (χ0) is 10.8. The van der Waals surface area contributed by atoms with E-state index in [1.54, 1.807) is 35.4 Å². The quantitative estimate of drug-likeness (QED) is 0.804. The molecule has 2 heterocycles. The second-order valence-electron chi connectivity index (χ2n) is 3.03. The van der Waals surface area contributed by atoms with Gasteiger partial charge in [-0.3, -0.25) is 9.48 Å². The summed E-state index contributed by atoms with van der Waals surface area (Å²) in [6.45, 7) is 0. The number of carbonyl (C=O) groups is 1. The molecule has 0 fully saturated rings. The number of aromatic nitrogens is 2. The number of nitrogens with two attached hydrogens (primary N) is 1. The van der Waals surface area contributed by atoms with Crippen molar-refractivity contribution in [2.45, 2.75) is 0 Å². The molecule has 0 saturated carbocycles. The number of nitrogen functional groups attached to an aromatic ring is 1. The van der Waals surface area contributed by atoms with Crippen LogP contribution in [0.3, 0.4) is 0 Å². The Morgan fingerprint density at radius 1 is 1.60 bits per heavy atom. The van der Waals surface area contributed by atoms with Crippen LogP contribution in [0.1, 0.15) is 9.67 Å². The smallest absolute Gasteiger partial charge is 0.269 e. The lowest BCUT2D eigenvalue weighted by atomic mass is 10.4. The number of aryl methyl sites for hydroxylation is 1. The summed E-state index contributed by atoms with van der Waals surface area (Å²) in [6.07, 6.45) is 1.76. The molecule has 15 heavy (non-hydrogen) atoms. The Bertz CT molecular complexity index is 488. The highest BCUT2D eigenvalue weighted by atomic mass is 32.1. The number of nitrogens with zero attached hydrogens (tertiary/aromatic N) is 2. The molecule has 0 unspecified atom stereocenters. The lowest BCUT2D eigenvalue weighted by Gasteiger charge is -1.99. The van der Waals surface area contributed by atoms with E-state index in [1.165, 1.54) is 11.3 Å². The van der Waals surface area contributed by atoms with E-state index in [1.807, 2.05) is 0 Å². The second-order valence-corrected chi connectivity index (χ2v) is 3.95. The number of thiophene rings is 1. The number of rotatable bonds is 2. The Morgan fingerprint density at radius 3 is 2.93 bits per heavy atom. The van der Waals surface area contributed by atoms with Crippen LogP contribution in [0.15, 0.2) is 23.7 Å². The standard InChI is InChI=1S/C9H10N4OS/c1-13-4-2-7(12-13)11-9(14)8-6(10)3-5-15-8/h2-5H,10H2,1H3,(H,11,12,14). The molecule has 2 rings (SSSR count). The molecule has 0 radical (unpaired) electrons. The Hall–Kier alpha value is -1.82. The SMILES string of the molecule is Cn1ccc(NC(=O)c2sccc2N)n1. The Labute approximate surface area is 90.5 Å². The lowest BCUT2D eigenvalue weighted by Crippen LogP contribution is -2.12. The largest absolute Gasteiger partial charge is 0.397 e. The van der Waals surface area contributed by atoms with Gasteiger partial charge in [0.15, 0.2) is 5.82 Å². The highest BCUT2D eigenvalue weighted by molar-refractivity contribution is 7.12. The summed E-state index contributed by atoms with van der Waals surface area (Å²) < 4.78 is 1.62. The fourth-order valence-corrected chi connectivity index (χ4v) is 1.87. The minimum Gasteiger partial charge on any atom is -0.397 e. The van der Waals surface area contributed by atoms with Crippen molar-refractivity contribution in [1.29, 1.82) is 0 Å². The fraction of sp³-hybridized carbons (Fsp3) is 0.111. The van der Waals surface area contributed by atoms with Gasteiger partial charge in [-0.15, -0.1) is 11.3 Å². The van der Waals surface area contributed by atoms with Gasteiger partial charge in [0, 0.05) is 19.3 Å². The minimum absolute atomic E-state index is 0.221. The first-order valence-electron chi connectivity index (χ1n) is 4.31. The molecule has 0 saturated heterocycles. The molecule has 1 amide bonds. The number of nitrogens with one attached hydrogen (secondary N) is 1. The zero-order valence-corrected chi connectivity index (χ0v) is 8.91. The molecule has 0 aliphatic rings. The Balaban J connectivity index is 2.14. The van der Waals surface area contributed by atoms with Crippen molar-refractivity contribution in [2.75, 3.05) is 11.1 Å². The summed E-state index contributed by atoms with van der Waals surface area (Å²) in [4.78, 5) is 12.2. The number of hydrogen-bond donors (Lipinski definition) is 2. The molecule has 0 aliphatic carbocycles. The molecule has 0 atom stereocenters. The van der Waals surface area contributed by atoms with Gasteiger partial charge in [0.05, 0.1) is 5.69 Å². The van der Waals surface area contributed by atoms with Crippen LogP contribution >= 0.6 is 11.3 Å². The first kappa shape index (κ1) is 9.72. The van der Waals surface area contributed by atoms with Gasteiger partial charge in [-0.05, 0) is 11.4 Å². The van der Waals surface area contributed by atoms with E-state index < -0.39 is 0 Å². The fourth-order valence-electron chi connectivity index (χ4n) is 1.16. The van der Waals surface area contributed by atoms with Crippen molar-refractivity contribution < 1.29 is 4.79 Å². The monoisotopic (exact) mass is 222 g/mol. The van der Waals surface area contributed by atoms with Gasteiger partial charge in [0.1, 0.15) is 4.88 Å². The Kier molecular flexibility index (Phi) is 2.42. The van der Waals surface area contributed by atoms with Crippen molar-refractivity contribution in [2.24, 2.45) is 7.05 Å². The first-order valence-corrected chi connectivity index (χ1v) is 5.19. The van der Waals surface area contributed by atoms with Crippen LogP contribution in [0.25, 0.3) is 0 Å². The summed E-state index contributed by atoms with van der Waals surface area (Å²) in [5.41, 5.74) is 6.12. The molecule has 78 valence electrons. The van der Waals surface area contributed by atoms with Crippen molar-refractivity contribution >= 4 is 28.7 Å². The van der Waals surface area contributed by atoms with E-state index >= 15 is 0 Å². The third-order valence-electron chi connectivity index (χ3n) is 1.86. The van der Waals surface area contributed by atoms with Gasteiger partial charge in [0.25, 0.3) is 5.91 Å². The van der Waals surface area contributed by atoms with Crippen LogP contribution < -0.4 is 11.1 Å². The lowest BCUT2D eigenvalue weighted by molar-refractivity contribution is 0.103. The van der Waals surface area contributed by atoms with E-state index in [2.05, 4.69) is 10.4 Å². The van der Waals surface area contributed by atoms with Crippen molar-refractivity contribution in [3.05, 3.63) is 28.6 Å². The molecule has 0 spiro atoms. The molecule has 6 heteroatoms. The van der Waals surface area contributed by atoms with Gasteiger partial charge >= 0.3 is 0 Å².